The smallest absolute Gasteiger partial charge is 0.342 e. The van der Waals surface area contributed by atoms with Crippen molar-refractivity contribution in [1.82, 2.24) is 0 Å². The van der Waals surface area contributed by atoms with Crippen LogP contribution in [0.5, 0.6) is 11.5 Å². The van der Waals surface area contributed by atoms with E-state index in [-0.39, 0.29) is 11.3 Å². The van der Waals surface area contributed by atoms with Crippen LogP contribution in [0.1, 0.15) is 10.4 Å². The number of anilines is 1. The molecule has 7 heteroatoms. The van der Waals surface area contributed by atoms with Gasteiger partial charge in [-0.1, -0.05) is 22.0 Å². The molecule has 1 amide bonds. The molecule has 0 spiro atoms. The number of phenols is 2. The minimum absolute atomic E-state index is 0.131. The van der Waals surface area contributed by atoms with Crippen LogP contribution < -0.4 is 5.32 Å². The molecule has 0 aliphatic rings. The third-order valence-corrected chi connectivity index (χ3v) is 3.14. The second-order valence-corrected chi connectivity index (χ2v) is 5.25. The molecule has 3 N–H and O–H groups in total. The molecular formula is C15H12BrNO5. The van der Waals surface area contributed by atoms with Crippen molar-refractivity contribution in [1.29, 1.82) is 0 Å². The lowest BCUT2D eigenvalue weighted by molar-refractivity contribution is -0.119. The Hall–Kier alpha value is -2.54. The Kier molecular flexibility index (Phi) is 5.00. The molecule has 2 aromatic carbocycles. The van der Waals surface area contributed by atoms with E-state index in [1.54, 1.807) is 18.2 Å². The fourth-order valence-electron chi connectivity index (χ4n) is 1.66. The van der Waals surface area contributed by atoms with Crippen molar-refractivity contribution >= 4 is 33.5 Å². The predicted molar refractivity (Wildman–Crippen MR) is 82.8 cm³/mol. The van der Waals surface area contributed by atoms with Gasteiger partial charge in [-0.3, -0.25) is 4.79 Å². The molecule has 2 aromatic rings. The first-order valence-electron chi connectivity index (χ1n) is 6.20. The molecule has 0 heterocycles. The first kappa shape index (κ1) is 15.8. The molecule has 0 bridgehead atoms. The number of halogens is 1. The highest BCUT2D eigenvalue weighted by Gasteiger charge is 2.15. The summed E-state index contributed by atoms with van der Waals surface area (Å²) >= 11 is 3.27. The molecule has 0 aromatic heterocycles. The molecule has 114 valence electrons. The average molecular weight is 366 g/mol. The van der Waals surface area contributed by atoms with Gasteiger partial charge in [-0.15, -0.1) is 0 Å². The second-order valence-electron chi connectivity index (χ2n) is 4.34. The van der Waals surface area contributed by atoms with Gasteiger partial charge in [-0.05, 0) is 30.3 Å². The first-order chi connectivity index (χ1) is 10.5. The number of amides is 1. The molecule has 0 saturated heterocycles. The van der Waals surface area contributed by atoms with Crippen molar-refractivity contribution in [2.24, 2.45) is 0 Å². The van der Waals surface area contributed by atoms with E-state index in [1.165, 1.54) is 12.1 Å². The van der Waals surface area contributed by atoms with Crippen LogP contribution in [0.25, 0.3) is 0 Å². The van der Waals surface area contributed by atoms with Gasteiger partial charge in [0, 0.05) is 16.2 Å². The summed E-state index contributed by atoms with van der Waals surface area (Å²) in [4.78, 5) is 23.4. The quantitative estimate of drug-likeness (QED) is 0.723. The second kappa shape index (κ2) is 6.95. The summed E-state index contributed by atoms with van der Waals surface area (Å²) in [6.45, 7) is -0.494. The Bertz CT molecular complexity index is 717. The predicted octanol–water partition coefficient (Wildman–Crippen LogP) is 2.66. The standard InChI is InChI=1S/C15H12BrNO5/c16-9-2-1-3-10(6-9)17-14(20)8-22-15(21)12-5-4-11(18)7-13(12)19/h1-7,18-19H,8H2,(H,17,20). The van der Waals surface area contributed by atoms with E-state index in [9.17, 15) is 14.7 Å². The van der Waals surface area contributed by atoms with Crippen molar-refractivity contribution < 1.29 is 24.5 Å². The molecule has 0 aliphatic carbocycles. The Morgan fingerprint density at radius 1 is 1.14 bits per heavy atom. The number of nitrogens with one attached hydrogen (secondary N) is 1. The number of carbonyl (C=O) groups is 2. The first-order valence-corrected chi connectivity index (χ1v) is 6.99. The maximum Gasteiger partial charge on any atom is 0.342 e. The average Bonchev–Trinajstić information content (AvgIpc) is 2.45. The van der Waals surface area contributed by atoms with E-state index in [0.29, 0.717) is 5.69 Å². The lowest BCUT2D eigenvalue weighted by atomic mass is 10.2. The van der Waals surface area contributed by atoms with E-state index in [1.807, 2.05) is 6.07 Å². The summed E-state index contributed by atoms with van der Waals surface area (Å²) in [7, 11) is 0. The lowest BCUT2D eigenvalue weighted by Gasteiger charge is -2.08. The number of phenolic OH excluding ortho intramolecular Hbond substituents is 2. The zero-order chi connectivity index (χ0) is 16.1. The van der Waals surface area contributed by atoms with Gasteiger partial charge in [-0.25, -0.2) is 4.79 Å². The van der Waals surface area contributed by atoms with Gasteiger partial charge >= 0.3 is 5.97 Å². The monoisotopic (exact) mass is 365 g/mol. The van der Waals surface area contributed by atoms with Gasteiger partial charge in [0.2, 0.25) is 0 Å². The number of esters is 1. The lowest BCUT2D eigenvalue weighted by Crippen LogP contribution is -2.20. The highest BCUT2D eigenvalue weighted by Crippen LogP contribution is 2.23. The third kappa shape index (κ3) is 4.23. The Balaban J connectivity index is 1.92. The molecule has 22 heavy (non-hydrogen) atoms. The number of rotatable bonds is 4. The van der Waals surface area contributed by atoms with Gasteiger partial charge in [0.05, 0.1) is 0 Å². The molecular weight excluding hydrogens is 354 g/mol. The van der Waals surface area contributed by atoms with Crippen LogP contribution >= 0.6 is 15.9 Å². The molecule has 6 nitrogen and oxygen atoms in total. The topological polar surface area (TPSA) is 95.9 Å². The number of carbonyl (C=O) groups excluding carboxylic acids is 2. The molecule has 0 saturated carbocycles. The number of ether oxygens (including phenoxy) is 1. The Labute approximate surface area is 134 Å². The summed E-state index contributed by atoms with van der Waals surface area (Å²) in [6.07, 6.45) is 0. The van der Waals surface area contributed by atoms with E-state index in [0.717, 1.165) is 10.5 Å². The van der Waals surface area contributed by atoms with Crippen molar-refractivity contribution in [2.45, 2.75) is 0 Å². The largest absolute Gasteiger partial charge is 0.508 e. The number of benzene rings is 2. The zero-order valence-electron chi connectivity index (χ0n) is 11.2. The molecule has 0 aliphatic heterocycles. The van der Waals surface area contributed by atoms with E-state index < -0.39 is 24.2 Å². The fourth-order valence-corrected chi connectivity index (χ4v) is 2.06. The van der Waals surface area contributed by atoms with E-state index in [4.69, 9.17) is 9.84 Å². The van der Waals surface area contributed by atoms with E-state index in [2.05, 4.69) is 21.2 Å². The number of hydrogen-bond acceptors (Lipinski definition) is 5. The number of hydrogen-bond donors (Lipinski definition) is 3. The van der Waals surface area contributed by atoms with Gasteiger partial charge in [0.25, 0.3) is 5.91 Å². The summed E-state index contributed by atoms with van der Waals surface area (Å²) in [6, 6.07) is 10.4. The van der Waals surface area contributed by atoms with Crippen LogP contribution in [0.3, 0.4) is 0 Å². The van der Waals surface area contributed by atoms with E-state index >= 15 is 0 Å². The highest BCUT2D eigenvalue weighted by molar-refractivity contribution is 9.10. The molecule has 0 unspecified atom stereocenters. The fraction of sp³-hybridized carbons (Fsp3) is 0.0667. The van der Waals surface area contributed by atoms with Crippen LogP contribution in [-0.2, 0) is 9.53 Å². The summed E-state index contributed by atoms with van der Waals surface area (Å²) in [5, 5.41) is 21.2. The van der Waals surface area contributed by atoms with Crippen LogP contribution in [0.2, 0.25) is 0 Å². The number of aromatic hydroxyl groups is 2. The summed E-state index contributed by atoms with van der Waals surface area (Å²) in [5.74, 6) is -1.97. The van der Waals surface area contributed by atoms with Crippen molar-refractivity contribution in [3.63, 3.8) is 0 Å². The van der Waals surface area contributed by atoms with Crippen LogP contribution in [-0.4, -0.2) is 28.7 Å². The highest BCUT2D eigenvalue weighted by atomic mass is 79.9. The SMILES string of the molecule is O=C(COC(=O)c1ccc(O)cc1O)Nc1cccc(Br)c1. The minimum atomic E-state index is -0.859. The van der Waals surface area contributed by atoms with Crippen molar-refractivity contribution in [2.75, 3.05) is 11.9 Å². The molecule has 0 radical (unpaired) electrons. The van der Waals surface area contributed by atoms with Gasteiger partial charge in [0.15, 0.2) is 6.61 Å². The molecule has 0 atom stereocenters. The van der Waals surface area contributed by atoms with Crippen molar-refractivity contribution in [3.05, 3.63) is 52.5 Å². The normalized spacial score (nSPS) is 10.0. The zero-order valence-corrected chi connectivity index (χ0v) is 12.8. The maximum atomic E-state index is 11.7. The van der Waals surface area contributed by atoms with Crippen LogP contribution in [0.4, 0.5) is 5.69 Å². The third-order valence-electron chi connectivity index (χ3n) is 2.64. The van der Waals surface area contributed by atoms with Crippen LogP contribution in [0.15, 0.2) is 46.9 Å². The van der Waals surface area contributed by atoms with Gasteiger partial charge in [0.1, 0.15) is 17.1 Å². The minimum Gasteiger partial charge on any atom is -0.508 e. The van der Waals surface area contributed by atoms with Gasteiger partial charge in [-0.2, -0.15) is 0 Å². The van der Waals surface area contributed by atoms with Crippen molar-refractivity contribution in [3.8, 4) is 11.5 Å². The Morgan fingerprint density at radius 2 is 1.91 bits per heavy atom. The summed E-state index contributed by atoms with van der Waals surface area (Å²) < 4.78 is 5.61. The molecule has 2 rings (SSSR count). The maximum absolute atomic E-state index is 11.7. The Morgan fingerprint density at radius 3 is 2.59 bits per heavy atom. The van der Waals surface area contributed by atoms with Crippen LogP contribution in [0, 0.1) is 0 Å². The summed E-state index contributed by atoms with van der Waals surface area (Å²) in [5.41, 5.74) is 0.427. The molecule has 0 fully saturated rings. The van der Waals surface area contributed by atoms with Gasteiger partial charge < -0.3 is 20.3 Å².